The summed E-state index contributed by atoms with van der Waals surface area (Å²) >= 11 is 0. The summed E-state index contributed by atoms with van der Waals surface area (Å²) in [6.07, 6.45) is -0.0446. The van der Waals surface area contributed by atoms with Gasteiger partial charge in [-0.2, -0.15) is 16.8 Å². The Morgan fingerprint density at radius 2 is 1.64 bits per heavy atom. The van der Waals surface area contributed by atoms with Crippen molar-refractivity contribution in [3.8, 4) is 17.0 Å². The van der Waals surface area contributed by atoms with Crippen LogP contribution in [-0.2, 0) is 63.7 Å². The van der Waals surface area contributed by atoms with Crippen molar-refractivity contribution in [3.63, 3.8) is 0 Å². The summed E-state index contributed by atoms with van der Waals surface area (Å²) in [6.45, 7) is -0.0518. The fourth-order valence-corrected chi connectivity index (χ4v) is 13.4. The number of allylic oxidation sites excluding steroid dienone is 1. The largest absolute Gasteiger partial charge is 0.482 e. The van der Waals surface area contributed by atoms with E-state index in [2.05, 4.69) is 20.8 Å². The van der Waals surface area contributed by atoms with Crippen molar-refractivity contribution < 1.29 is 93.5 Å². The van der Waals surface area contributed by atoms with Crippen molar-refractivity contribution in [2.24, 2.45) is 12.2 Å². The summed E-state index contributed by atoms with van der Waals surface area (Å²) in [5.41, 5.74) is 5.30. The number of anilines is 1. The van der Waals surface area contributed by atoms with Gasteiger partial charge in [0.1, 0.15) is 36.7 Å². The maximum atomic E-state index is 13.3. The second kappa shape index (κ2) is 23.8. The SMILES string of the molecule is Cn1c(=O)n([C@@H]2O[C@H](COP(=O)(O)CP(=O)(O)O)C(O)C2O)cc/c1=N/OCc1ccc(-c2cn(CCCCCCNC(=O)c3ccc(C4=C5C=CC(=N)C(S(=O)(=O)O)C5Oc5c4ccc(N)c5S(=O)(=O)O)c(C(=O)O)c3)nn2)cc1. The number of nitrogen functional groups attached to an aromatic ring is 1. The van der Waals surface area contributed by atoms with Crippen LogP contribution >= 0.6 is 15.2 Å². The van der Waals surface area contributed by atoms with Crippen molar-refractivity contribution in [3.05, 3.63) is 135 Å². The molecule has 4 heterocycles. The Balaban J connectivity index is 0.813. The smallest absolute Gasteiger partial charge is 0.340 e. The van der Waals surface area contributed by atoms with Crippen LogP contribution in [0.4, 0.5) is 5.69 Å². The minimum Gasteiger partial charge on any atom is -0.482 e. The zero-order chi connectivity index (χ0) is 58.9. The van der Waals surface area contributed by atoms with Gasteiger partial charge in [-0.25, -0.2) is 9.59 Å². The molecule has 0 bridgehead atoms. The zero-order valence-corrected chi connectivity index (χ0v) is 45.7. The first-order chi connectivity index (χ1) is 38.0. The van der Waals surface area contributed by atoms with Gasteiger partial charge in [-0.15, -0.1) is 5.10 Å². The predicted octanol–water partition coefficient (Wildman–Crippen LogP) is 1.36. The van der Waals surface area contributed by atoms with Crippen molar-refractivity contribution >= 4 is 64.3 Å². The van der Waals surface area contributed by atoms with Crippen LogP contribution in [0.25, 0.3) is 16.8 Å². The number of unbranched alkanes of at least 4 members (excludes halogenated alkanes) is 3. The number of amides is 1. The summed E-state index contributed by atoms with van der Waals surface area (Å²) in [7, 11) is -18.6. The van der Waals surface area contributed by atoms with Gasteiger partial charge in [-0.3, -0.25) is 36.8 Å². The maximum absolute atomic E-state index is 13.3. The van der Waals surface area contributed by atoms with E-state index >= 15 is 0 Å². The number of nitrogens with one attached hydrogen (secondary N) is 2. The lowest BCUT2D eigenvalue weighted by atomic mass is 9.81. The highest BCUT2D eigenvalue weighted by Gasteiger charge is 2.48. The molecule has 1 fully saturated rings. The van der Waals surface area contributed by atoms with Crippen LogP contribution in [0.1, 0.15) is 69.3 Å². The molecule has 2 aliphatic heterocycles. The molecule has 1 amide bonds. The van der Waals surface area contributed by atoms with Gasteiger partial charge in [0, 0.05) is 60.2 Å². The monoisotopic (exact) mass is 1210 g/mol. The van der Waals surface area contributed by atoms with E-state index in [1.807, 2.05) is 12.1 Å². The number of hydrogen-bond acceptors (Lipinski definition) is 20. The molecule has 5 aromatic rings. The first-order valence-electron chi connectivity index (χ1n) is 24.2. The van der Waals surface area contributed by atoms with Crippen LogP contribution in [0.2, 0.25) is 0 Å². The maximum Gasteiger partial charge on any atom is 0.340 e. The number of ether oxygens (including phenoxy) is 2. The van der Waals surface area contributed by atoms with E-state index in [9.17, 15) is 69.7 Å². The molecule has 0 saturated carbocycles. The van der Waals surface area contributed by atoms with Crippen molar-refractivity contribution in [1.82, 2.24) is 29.4 Å². The second-order valence-electron chi connectivity index (χ2n) is 18.8. The third kappa shape index (κ3) is 13.7. The summed E-state index contributed by atoms with van der Waals surface area (Å²) < 4.78 is 113. The van der Waals surface area contributed by atoms with E-state index in [1.165, 1.54) is 43.6 Å². The van der Waals surface area contributed by atoms with Crippen LogP contribution in [0.3, 0.4) is 0 Å². The highest BCUT2D eigenvalue weighted by Crippen LogP contribution is 2.55. The zero-order valence-electron chi connectivity index (χ0n) is 42.3. The highest BCUT2D eigenvalue weighted by atomic mass is 32.2. The number of carbonyl (C=O) groups is 2. The molecule has 5 unspecified atom stereocenters. The molecular formula is C47H53N9O21P2S2. The Morgan fingerprint density at radius 1 is 0.938 bits per heavy atom. The fourth-order valence-electron chi connectivity index (χ4n) is 9.16. The Labute approximate surface area is 459 Å². The lowest BCUT2D eigenvalue weighted by Crippen LogP contribution is -2.47. The summed E-state index contributed by atoms with van der Waals surface area (Å²) in [4.78, 5) is 71.6. The van der Waals surface area contributed by atoms with Gasteiger partial charge >= 0.3 is 26.9 Å². The van der Waals surface area contributed by atoms with Gasteiger partial charge in [0.15, 0.2) is 33.5 Å². The van der Waals surface area contributed by atoms with Gasteiger partial charge in [0.05, 0.1) is 29.8 Å². The number of carboxylic acid groups (broad SMARTS) is 1. The lowest BCUT2D eigenvalue weighted by Gasteiger charge is -2.36. The number of carboxylic acids is 1. The molecule has 34 heteroatoms. The molecule has 8 rings (SSSR count). The topological polar surface area (TPSA) is 467 Å². The molecule has 0 radical (unpaired) electrons. The number of aromatic nitrogens is 5. The molecular weight excluding hydrogens is 1150 g/mol. The number of rotatable bonds is 22. The normalized spacial score (nSPS) is 21.0. The van der Waals surface area contributed by atoms with Gasteiger partial charge in [0.2, 0.25) is 0 Å². The van der Waals surface area contributed by atoms with Crippen LogP contribution in [0, 0.1) is 5.41 Å². The van der Waals surface area contributed by atoms with Gasteiger partial charge < -0.3 is 65.3 Å². The average molecular weight is 1210 g/mol. The number of carbonyl (C=O) groups excluding carboxylic acids is 1. The minimum atomic E-state index is -5.15. The molecule has 434 valence electrons. The predicted molar refractivity (Wildman–Crippen MR) is 282 cm³/mol. The number of aliphatic hydroxyl groups is 2. The number of nitrogens with two attached hydrogens (primary N) is 1. The molecule has 0 spiro atoms. The Morgan fingerprint density at radius 3 is 2.32 bits per heavy atom. The van der Waals surface area contributed by atoms with E-state index in [-0.39, 0.29) is 46.5 Å². The van der Waals surface area contributed by atoms with Crippen molar-refractivity contribution in [2.75, 3.05) is 24.8 Å². The van der Waals surface area contributed by atoms with E-state index in [0.29, 0.717) is 30.6 Å². The third-order valence-electron chi connectivity index (χ3n) is 13.1. The Kier molecular flexibility index (Phi) is 17.7. The summed E-state index contributed by atoms with van der Waals surface area (Å²) in [5, 5.41) is 52.9. The number of fused-ring (bicyclic) bond motifs is 2. The van der Waals surface area contributed by atoms with Crippen LogP contribution in [0.15, 0.2) is 106 Å². The van der Waals surface area contributed by atoms with E-state index < -0.39 is 129 Å². The van der Waals surface area contributed by atoms with Gasteiger partial charge in [0.25, 0.3) is 26.1 Å². The van der Waals surface area contributed by atoms with E-state index in [0.717, 1.165) is 45.7 Å². The number of nitrogens with zero attached hydrogens (tertiary/aromatic N) is 6. The molecule has 2 aromatic heterocycles. The molecule has 12 N–H and O–H groups in total. The number of aliphatic hydroxyl groups excluding tert-OH is 2. The molecule has 1 saturated heterocycles. The minimum absolute atomic E-state index is 0.00147. The van der Waals surface area contributed by atoms with Gasteiger partial charge in [-0.05, 0) is 54.3 Å². The van der Waals surface area contributed by atoms with Crippen LogP contribution in [-0.4, -0.2) is 146 Å². The van der Waals surface area contributed by atoms with E-state index in [4.69, 9.17) is 39.8 Å². The second-order valence-corrected chi connectivity index (χ2v) is 25.7. The van der Waals surface area contributed by atoms with E-state index in [1.54, 1.807) is 23.0 Å². The molecule has 81 heavy (non-hydrogen) atoms. The molecule has 7 atom stereocenters. The molecule has 3 aromatic carbocycles. The number of aromatic carboxylic acids is 1. The highest BCUT2D eigenvalue weighted by molar-refractivity contribution is 7.87. The number of hydrogen-bond donors (Lipinski definition) is 11. The Bertz CT molecular complexity index is 3840. The quantitative estimate of drug-likeness (QED) is 0.0153. The fraction of sp³-hybridized carbons (Fsp3) is 0.340. The number of aryl methyl sites for hydroxylation is 1. The van der Waals surface area contributed by atoms with Gasteiger partial charge in [-0.1, -0.05) is 59.6 Å². The Hall–Kier alpha value is -7.03. The third-order valence-corrected chi connectivity index (χ3v) is 18.6. The summed E-state index contributed by atoms with van der Waals surface area (Å²) in [6, 6.07) is 14.6. The standard InChI is InChI=1S/C47H53N9O21P2S2/c1-54-36(16-19-56(47(54)62)45-39(58)38(57)35(76-45)23-75-79(66,67)24-78(63,64)65)52-74-22-25-6-8-26(9-7-25)34-21-55(53-51-34)18-5-3-2-4-17-50-44(59)27-10-11-28(31(20-27)46(60)61)37-29-12-14-32(48)42(80(68,69)70)40(29)77-41-30(37)13-15-33(49)43(41)81(71,72)73/h6-16,19-21,35,38-40,42,45,48,57-58H,2-5,17-18,22-24,49H2,1H3,(H,50,59)(H,60,61)(H,66,67)(H2,63,64,65)(H,68,69,70)(H,71,72,73)/b48-32?,52-36-/t35-,38?,39?,40?,42?,45-/m1/s1. The number of benzene rings is 3. The first kappa shape index (κ1) is 60.1. The summed E-state index contributed by atoms with van der Waals surface area (Å²) in [5.74, 6) is -4.24. The van der Waals surface area contributed by atoms with Crippen LogP contribution < -0.4 is 27.0 Å². The lowest BCUT2D eigenvalue weighted by molar-refractivity contribution is -0.0530. The molecule has 3 aliphatic rings. The van der Waals surface area contributed by atoms with Crippen molar-refractivity contribution in [1.29, 1.82) is 5.41 Å². The first-order valence-corrected chi connectivity index (χ1v) is 30.7. The van der Waals surface area contributed by atoms with Crippen LogP contribution in [0.5, 0.6) is 5.75 Å². The average Bonchev–Trinajstić information content (AvgIpc) is 3.97. The molecule has 30 nitrogen and oxygen atoms in total. The molecule has 1 aliphatic carbocycles. The van der Waals surface area contributed by atoms with Crippen molar-refractivity contribution in [2.45, 2.75) is 79.6 Å².